The molecule has 2 aromatic heterocycles. The van der Waals surface area contributed by atoms with Crippen LogP contribution in [0.2, 0.25) is 0 Å². The maximum absolute atomic E-state index is 11.3. The number of rotatable bonds is 5. The number of para-hydroxylation sites is 1. The largest absolute Gasteiger partial charge is 0.477 e. The molecule has 0 saturated heterocycles. The number of hydrogen-bond donors (Lipinski definition) is 1. The van der Waals surface area contributed by atoms with Crippen LogP contribution < -0.4 is 4.74 Å². The van der Waals surface area contributed by atoms with E-state index in [9.17, 15) is 9.90 Å². The molecule has 1 N–H and O–H groups in total. The number of nitrogens with zero attached hydrogens (tertiary/aromatic N) is 3. The van der Waals surface area contributed by atoms with Gasteiger partial charge in [0.1, 0.15) is 11.5 Å². The van der Waals surface area contributed by atoms with Gasteiger partial charge in [-0.05, 0) is 32.0 Å². The van der Waals surface area contributed by atoms with Crippen molar-refractivity contribution < 1.29 is 14.6 Å². The van der Waals surface area contributed by atoms with E-state index in [4.69, 9.17) is 4.74 Å². The molecule has 0 fully saturated rings. The fraction of sp³-hybridized carbons (Fsp3) is 0.167. The second kappa shape index (κ2) is 6.54. The van der Waals surface area contributed by atoms with Crippen LogP contribution in [0.4, 0.5) is 0 Å². The summed E-state index contributed by atoms with van der Waals surface area (Å²) in [7, 11) is 0. The van der Waals surface area contributed by atoms with Gasteiger partial charge < -0.3 is 9.84 Å². The number of aromatic carboxylic acids is 1. The third-order valence-corrected chi connectivity index (χ3v) is 3.47. The average molecular weight is 323 g/mol. The summed E-state index contributed by atoms with van der Waals surface area (Å²) in [4.78, 5) is 15.5. The second-order valence-corrected chi connectivity index (χ2v) is 5.48. The molecule has 24 heavy (non-hydrogen) atoms. The van der Waals surface area contributed by atoms with Gasteiger partial charge in [0.2, 0.25) is 0 Å². The zero-order valence-corrected chi connectivity index (χ0v) is 13.4. The van der Waals surface area contributed by atoms with Crippen LogP contribution in [0.5, 0.6) is 11.5 Å². The van der Waals surface area contributed by atoms with E-state index in [1.807, 2.05) is 50.2 Å². The molecule has 6 nitrogen and oxygen atoms in total. The van der Waals surface area contributed by atoms with Gasteiger partial charge in [0.05, 0.1) is 17.9 Å². The first-order valence-corrected chi connectivity index (χ1v) is 7.49. The molecular weight excluding hydrogens is 306 g/mol. The number of carboxylic acid groups (broad SMARTS) is 1. The summed E-state index contributed by atoms with van der Waals surface area (Å²) >= 11 is 0. The molecule has 0 amide bonds. The Kier molecular flexibility index (Phi) is 4.29. The first-order valence-electron chi connectivity index (χ1n) is 7.49. The number of carboxylic acids is 1. The molecule has 1 aromatic carbocycles. The highest BCUT2D eigenvalue weighted by atomic mass is 16.5. The maximum atomic E-state index is 11.3. The van der Waals surface area contributed by atoms with Crippen molar-refractivity contribution >= 4 is 5.97 Å². The predicted octanol–water partition coefficient (Wildman–Crippen LogP) is 3.43. The molecule has 0 aliphatic carbocycles. The van der Waals surface area contributed by atoms with Gasteiger partial charge in [-0.1, -0.05) is 18.2 Å². The van der Waals surface area contributed by atoms with E-state index in [0.29, 0.717) is 23.7 Å². The van der Waals surface area contributed by atoms with E-state index in [0.717, 1.165) is 11.4 Å². The van der Waals surface area contributed by atoms with Crippen molar-refractivity contribution in [1.29, 1.82) is 0 Å². The fourth-order valence-corrected chi connectivity index (χ4v) is 2.42. The van der Waals surface area contributed by atoms with E-state index in [-0.39, 0.29) is 5.69 Å². The molecule has 0 bridgehead atoms. The molecule has 0 aliphatic rings. The number of benzene rings is 1. The summed E-state index contributed by atoms with van der Waals surface area (Å²) in [5, 5.41) is 13.7. The minimum Gasteiger partial charge on any atom is -0.477 e. The van der Waals surface area contributed by atoms with Gasteiger partial charge in [0.15, 0.2) is 5.69 Å². The van der Waals surface area contributed by atoms with Gasteiger partial charge in [0.25, 0.3) is 0 Å². The lowest BCUT2D eigenvalue weighted by Gasteiger charge is -2.10. The summed E-state index contributed by atoms with van der Waals surface area (Å²) in [6, 6.07) is 14.3. The third-order valence-electron chi connectivity index (χ3n) is 3.47. The zero-order chi connectivity index (χ0) is 17.1. The Hall–Kier alpha value is -3.15. The topological polar surface area (TPSA) is 77.2 Å². The average Bonchev–Trinajstić information content (AvgIpc) is 2.85. The lowest BCUT2D eigenvalue weighted by Crippen LogP contribution is -2.09. The highest BCUT2D eigenvalue weighted by Crippen LogP contribution is 2.23. The summed E-state index contributed by atoms with van der Waals surface area (Å²) in [6.45, 7) is 4.24. The van der Waals surface area contributed by atoms with E-state index >= 15 is 0 Å². The molecule has 3 aromatic rings. The number of pyridine rings is 1. The molecule has 0 saturated carbocycles. The Labute approximate surface area is 139 Å². The molecule has 3 rings (SSSR count). The van der Waals surface area contributed by atoms with Gasteiger partial charge in [-0.25, -0.2) is 9.78 Å². The first kappa shape index (κ1) is 15.7. The zero-order valence-electron chi connectivity index (χ0n) is 13.4. The molecule has 122 valence electrons. The smallest absolute Gasteiger partial charge is 0.354 e. The van der Waals surface area contributed by atoms with Crippen molar-refractivity contribution in [2.75, 3.05) is 0 Å². The van der Waals surface area contributed by atoms with Gasteiger partial charge >= 0.3 is 5.97 Å². The van der Waals surface area contributed by atoms with Crippen LogP contribution in [0.3, 0.4) is 0 Å². The van der Waals surface area contributed by atoms with Gasteiger partial charge in [0, 0.05) is 17.8 Å². The second-order valence-electron chi connectivity index (χ2n) is 5.48. The van der Waals surface area contributed by atoms with Gasteiger partial charge in [-0.2, -0.15) is 5.10 Å². The van der Waals surface area contributed by atoms with E-state index in [1.54, 1.807) is 10.7 Å². The van der Waals surface area contributed by atoms with Crippen LogP contribution >= 0.6 is 0 Å². The molecular formula is C18H17N3O3. The van der Waals surface area contributed by atoms with Crippen LogP contribution in [0.15, 0.2) is 48.5 Å². The fourth-order valence-electron chi connectivity index (χ4n) is 2.42. The monoisotopic (exact) mass is 323 g/mol. The SMILES string of the molecule is Cc1cc(C)n(Cc2cc(Oc3ccccc3)cc(C(=O)O)n2)n1. The van der Waals surface area contributed by atoms with Gasteiger partial charge in [-0.15, -0.1) is 0 Å². The van der Waals surface area contributed by atoms with Crippen molar-refractivity contribution in [3.63, 3.8) is 0 Å². The summed E-state index contributed by atoms with van der Waals surface area (Å²) in [5.41, 5.74) is 2.41. The number of carbonyl (C=O) groups is 1. The van der Waals surface area contributed by atoms with Crippen molar-refractivity contribution in [1.82, 2.24) is 14.8 Å². The van der Waals surface area contributed by atoms with Crippen molar-refractivity contribution in [3.8, 4) is 11.5 Å². The number of ether oxygens (including phenoxy) is 1. The Balaban J connectivity index is 1.93. The number of hydrogen-bond acceptors (Lipinski definition) is 4. The van der Waals surface area contributed by atoms with Crippen LogP contribution in [-0.4, -0.2) is 25.8 Å². The molecule has 0 radical (unpaired) electrons. The van der Waals surface area contributed by atoms with Crippen molar-refractivity contribution in [2.24, 2.45) is 0 Å². The van der Waals surface area contributed by atoms with Crippen LogP contribution in [0.1, 0.15) is 27.6 Å². The van der Waals surface area contributed by atoms with E-state index in [1.165, 1.54) is 6.07 Å². The maximum Gasteiger partial charge on any atom is 0.354 e. The summed E-state index contributed by atoms with van der Waals surface area (Å²) in [5.74, 6) is -0.0228. The third kappa shape index (κ3) is 3.60. The molecule has 0 spiro atoms. The Morgan fingerprint density at radius 3 is 2.50 bits per heavy atom. The molecule has 0 unspecified atom stereocenters. The quantitative estimate of drug-likeness (QED) is 0.778. The Morgan fingerprint density at radius 2 is 1.88 bits per heavy atom. The lowest BCUT2D eigenvalue weighted by molar-refractivity contribution is 0.0689. The van der Waals surface area contributed by atoms with Crippen molar-refractivity contribution in [3.05, 3.63) is 71.3 Å². The summed E-state index contributed by atoms with van der Waals surface area (Å²) in [6.07, 6.45) is 0. The van der Waals surface area contributed by atoms with Gasteiger partial charge in [-0.3, -0.25) is 4.68 Å². The molecule has 2 heterocycles. The van der Waals surface area contributed by atoms with Crippen LogP contribution in [0.25, 0.3) is 0 Å². The van der Waals surface area contributed by atoms with E-state index < -0.39 is 5.97 Å². The molecule has 6 heteroatoms. The van der Waals surface area contributed by atoms with Crippen LogP contribution in [-0.2, 0) is 6.54 Å². The Bertz CT molecular complexity index is 872. The highest BCUT2D eigenvalue weighted by molar-refractivity contribution is 5.85. The van der Waals surface area contributed by atoms with E-state index in [2.05, 4.69) is 10.1 Å². The standard InChI is InChI=1S/C18H17N3O3/c1-12-8-13(2)21(20-12)11-14-9-16(10-17(19-14)18(22)23)24-15-6-4-3-5-7-15/h3-10H,11H2,1-2H3,(H,22,23). The van der Waals surface area contributed by atoms with Crippen molar-refractivity contribution in [2.45, 2.75) is 20.4 Å². The van der Waals surface area contributed by atoms with Crippen LogP contribution in [0, 0.1) is 13.8 Å². The normalized spacial score (nSPS) is 10.6. The summed E-state index contributed by atoms with van der Waals surface area (Å²) < 4.78 is 7.54. The molecule has 0 atom stereocenters. The number of aryl methyl sites for hydroxylation is 2. The number of aromatic nitrogens is 3. The minimum atomic E-state index is -1.09. The first-order chi connectivity index (χ1) is 11.5. The minimum absolute atomic E-state index is 0.0556. The lowest BCUT2D eigenvalue weighted by atomic mass is 10.2. The highest BCUT2D eigenvalue weighted by Gasteiger charge is 2.12. The predicted molar refractivity (Wildman–Crippen MR) is 88.5 cm³/mol. The molecule has 0 aliphatic heterocycles. The Morgan fingerprint density at radius 1 is 1.12 bits per heavy atom.